The standard InChI is InChI=1S/C8H14ClNO3/c1-3-13-8(12)6-10(2)7(11)4-5-9/h3-6H2,1-2H3. The van der Waals surface area contributed by atoms with E-state index in [0.29, 0.717) is 6.61 Å². The van der Waals surface area contributed by atoms with Gasteiger partial charge in [-0.2, -0.15) is 0 Å². The van der Waals surface area contributed by atoms with Crippen LogP contribution in [0.5, 0.6) is 0 Å². The summed E-state index contributed by atoms with van der Waals surface area (Å²) in [6.07, 6.45) is 0.247. The number of nitrogens with zero attached hydrogens (tertiary/aromatic N) is 1. The van der Waals surface area contributed by atoms with Crippen LogP contribution in [0.15, 0.2) is 0 Å². The van der Waals surface area contributed by atoms with Gasteiger partial charge in [-0.25, -0.2) is 0 Å². The van der Waals surface area contributed by atoms with Gasteiger partial charge in [0, 0.05) is 19.3 Å². The third-order valence-electron chi connectivity index (χ3n) is 1.41. The molecule has 76 valence electrons. The zero-order valence-electron chi connectivity index (χ0n) is 7.88. The smallest absolute Gasteiger partial charge is 0.325 e. The van der Waals surface area contributed by atoms with E-state index in [1.165, 1.54) is 4.90 Å². The molecule has 0 N–H and O–H groups in total. The van der Waals surface area contributed by atoms with E-state index in [2.05, 4.69) is 4.74 Å². The minimum atomic E-state index is -0.395. The van der Waals surface area contributed by atoms with E-state index < -0.39 is 5.97 Å². The molecule has 0 radical (unpaired) electrons. The van der Waals surface area contributed by atoms with Crippen molar-refractivity contribution in [2.45, 2.75) is 13.3 Å². The van der Waals surface area contributed by atoms with Crippen LogP contribution in [-0.2, 0) is 14.3 Å². The summed E-state index contributed by atoms with van der Waals surface area (Å²) in [5.74, 6) is -0.276. The van der Waals surface area contributed by atoms with Crippen molar-refractivity contribution in [1.82, 2.24) is 4.90 Å². The number of alkyl halides is 1. The van der Waals surface area contributed by atoms with E-state index in [9.17, 15) is 9.59 Å². The molecular weight excluding hydrogens is 194 g/mol. The fraction of sp³-hybridized carbons (Fsp3) is 0.750. The Labute approximate surface area is 82.8 Å². The summed E-state index contributed by atoms with van der Waals surface area (Å²) in [6, 6.07) is 0. The maximum atomic E-state index is 11.1. The lowest BCUT2D eigenvalue weighted by Gasteiger charge is -2.14. The average Bonchev–Trinajstić information content (AvgIpc) is 2.05. The second-order valence-corrected chi connectivity index (χ2v) is 2.87. The van der Waals surface area contributed by atoms with E-state index in [4.69, 9.17) is 11.6 Å². The van der Waals surface area contributed by atoms with Gasteiger partial charge in [-0.1, -0.05) is 0 Å². The summed E-state index contributed by atoms with van der Waals surface area (Å²) < 4.78 is 4.68. The van der Waals surface area contributed by atoms with Crippen LogP contribution < -0.4 is 0 Å². The topological polar surface area (TPSA) is 46.6 Å². The molecule has 0 atom stereocenters. The summed E-state index contributed by atoms with van der Waals surface area (Å²) in [5.41, 5.74) is 0. The molecule has 0 fully saturated rings. The molecule has 0 unspecified atom stereocenters. The van der Waals surface area contributed by atoms with E-state index in [1.807, 2.05) is 0 Å². The van der Waals surface area contributed by atoms with Crippen LogP contribution in [0, 0.1) is 0 Å². The van der Waals surface area contributed by atoms with Crippen molar-refractivity contribution in [3.63, 3.8) is 0 Å². The molecule has 0 heterocycles. The lowest BCUT2D eigenvalue weighted by molar-refractivity contribution is -0.148. The van der Waals surface area contributed by atoms with E-state index in [1.54, 1.807) is 14.0 Å². The van der Waals surface area contributed by atoms with Crippen molar-refractivity contribution in [3.05, 3.63) is 0 Å². The second kappa shape index (κ2) is 6.71. The number of ether oxygens (including phenoxy) is 1. The summed E-state index contributed by atoms with van der Waals surface area (Å²) >= 11 is 5.37. The van der Waals surface area contributed by atoms with Crippen molar-refractivity contribution in [2.75, 3.05) is 26.1 Å². The Morgan fingerprint density at radius 3 is 2.54 bits per heavy atom. The van der Waals surface area contributed by atoms with Gasteiger partial charge >= 0.3 is 5.97 Å². The lowest BCUT2D eigenvalue weighted by Crippen LogP contribution is -2.33. The van der Waals surface area contributed by atoms with Gasteiger partial charge in [0.1, 0.15) is 6.54 Å². The highest BCUT2D eigenvalue weighted by molar-refractivity contribution is 6.18. The molecule has 0 aromatic heterocycles. The monoisotopic (exact) mass is 207 g/mol. The third-order valence-corrected chi connectivity index (χ3v) is 1.59. The summed E-state index contributed by atoms with van der Waals surface area (Å²) in [5, 5.41) is 0. The normalized spacial score (nSPS) is 9.46. The molecule has 0 aliphatic heterocycles. The number of likely N-dealkylation sites (N-methyl/N-ethyl adjacent to an activating group) is 1. The van der Waals surface area contributed by atoms with E-state index in [-0.39, 0.29) is 24.8 Å². The second-order valence-electron chi connectivity index (χ2n) is 2.49. The molecule has 0 rings (SSSR count). The maximum absolute atomic E-state index is 11.1. The molecule has 0 aromatic carbocycles. The Balaban J connectivity index is 3.78. The van der Waals surface area contributed by atoms with E-state index >= 15 is 0 Å². The Hall–Kier alpha value is -0.770. The summed E-state index contributed by atoms with van der Waals surface area (Å²) in [7, 11) is 1.55. The van der Waals surface area contributed by atoms with Gasteiger partial charge in [-0.05, 0) is 6.92 Å². The number of amides is 1. The largest absolute Gasteiger partial charge is 0.465 e. The van der Waals surface area contributed by atoms with Crippen LogP contribution in [0.3, 0.4) is 0 Å². The van der Waals surface area contributed by atoms with Crippen molar-refractivity contribution < 1.29 is 14.3 Å². The first kappa shape index (κ1) is 12.2. The number of halogens is 1. The van der Waals surface area contributed by atoms with Crippen LogP contribution in [0.4, 0.5) is 0 Å². The van der Waals surface area contributed by atoms with Crippen LogP contribution in [0.1, 0.15) is 13.3 Å². The maximum Gasteiger partial charge on any atom is 0.325 e. The molecule has 5 heteroatoms. The van der Waals surface area contributed by atoms with Gasteiger partial charge in [0.15, 0.2) is 0 Å². The minimum Gasteiger partial charge on any atom is -0.465 e. The summed E-state index contributed by atoms with van der Waals surface area (Å²) in [4.78, 5) is 23.3. The molecule has 0 saturated carbocycles. The van der Waals surface area contributed by atoms with Crippen LogP contribution >= 0.6 is 11.6 Å². The number of carbonyl (C=O) groups is 2. The van der Waals surface area contributed by atoms with Crippen LogP contribution in [-0.4, -0.2) is 42.9 Å². The van der Waals surface area contributed by atoms with E-state index in [0.717, 1.165) is 0 Å². The third kappa shape index (κ3) is 5.47. The molecule has 4 nitrogen and oxygen atoms in total. The number of hydrogen-bond acceptors (Lipinski definition) is 3. The van der Waals surface area contributed by atoms with Gasteiger partial charge in [0.2, 0.25) is 5.91 Å². The van der Waals surface area contributed by atoms with Crippen molar-refractivity contribution in [2.24, 2.45) is 0 Å². The van der Waals surface area contributed by atoms with Crippen molar-refractivity contribution >= 4 is 23.5 Å². The predicted molar refractivity (Wildman–Crippen MR) is 49.6 cm³/mol. The Morgan fingerprint density at radius 2 is 2.08 bits per heavy atom. The molecule has 0 spiro atoms. The highest BCUT2D eigenvalue weighted by Crippen LogP contribution is 1.93. The zero-order chi connectivity index (χ0) is 10.3. The molecular formula is C8H14ClNO3. The number of hydrogen-bond donors (Lipinski definition) is 0. The van der Waals surface area contributed by atoms with Crippen molar-refractivity contribution in [1.29, 1.82) is 0 Å². The zero-order valence-corrected chi connectivity index (χ0v) is 8.63. The van der Waals surface area contributed by atoms with Crippen LogP contribution in [0.25, 0.3) is 0 Å². The fourth-order valence-corrected chi connectivity index (χ4v) is 0.922. The number of rotatable bonds is 5. The average molecular weight is 208 g/mol. The first-order chi connectivity index (χ1) is 6.11. The SMILES string of the molecule is CCOC(=O)CN(C)C(=O)CCCl. The molecule has 1 amide bonds. The Kier molecular flexibility index (Phi) is 6.32. The molecule has 0 bridgehead atoms. The number of esters is 1. The van der Waals surface area contributed by atoms with Crippen molar-refractivity contribution in [3.8, 4) is 0 Å². The molecule has 0 aliphatic carbocycles. The Morgan fingerprint density at radius 1 is 1.46 bits per heavy atom. The first-order valence-electron chi connectivity index (χ1n) is 4.07. The van der Waals surface area contributed by atoms with Gasteiger partial charge in [0.25, 0.3) is 0 Å². The quantitative estimate of drug-likeness (QED) is 0.491. The Bertz CT molecular complexity index is 184. The minimum absolute atomic E-state index is 0.0104. The summed E-state index contributed by atoms with van der Waals surface area (Å²) in [6.45, 7) is 2.04. The fourth-order valence-electron chi connectivity index (χ4n) is 0.760. The molecule has 0 aliphatic rings. The highest BCUT2D eigenvalue weighted by atomic mass is 35.5. The van der Waals surface area contributed by atoms with Gasteiger partial charge < -0.3 is 9.64 Å². The number of carbonyl (C=O) groups excluding carboxylic acids is 2. The predicted octanol–water partition coefficient (Wildman–Crippen LogP) is 0.637. The van der Waals surface area contributed by atoms with Crippen LogP contribution in [0.2, 0.25) is 0 Å². The lowest BCUT2D eigenvalue weighted by atomic mass is 10.4. The van der Waals surface area contributed by atoms with Gasteiger partial charge in [0.05, 0.1) is 6.61 Å². The molecule has 0 saturated heterocycles. The first-order valence-corrected chi connectivity index (χ1v) is 4.60. The van der Waals surface area contributed by atoms with Gasteiger partial charge in [-0.3, -0.25) is 9.59 Å². The van der Waals surface area contributed by atoms with Gasteiger partial charge in [-0.15, -0.1) is 11.6 Å². The molecule has 13 heavy (non-hydrogen) atoms. The highest BCUT2D eigenvalue weighted by Gasteiger charge is 2.12. The molecule has 0 aromatic rings.